The molecule has 4 fully saturated rings. The Hall–Kier alpha value is -0.950. The number of carbonyl (C=O) groups excluding carboxylic acids is 1. The molecule has 0 radical (unpaired) electrons. The summed E-state index contributed by atoms with van der Waals surface area (Å²) in [7, 11) is 0. The minimum Gasteiger partial charge on any atom is -0.463 e. The number of allylic oxidation sites excluding steroid dienone is 1. The molecule has 6 atom stereocenters. The van der Waals surface area contributed by atoms with Gasteiger partial charge in [-0.25, -0.2) is 4.89 Å². The Morgan fingerprint density at radius 3 is 2.53 bits per heavy atom. The Balaban J connectivity index is 1.55. The van der Waals surface area contributed by atoms with E-state index in [0.29, 0.717) is 24.2 Å². The van der Waals surface area contributed by atoms with Gasteiger partial charge in [-0.2, -0.15) is 0 Å². The van der Waals surface area contributed by atoms with Crippen LogP contribution in [0.5, 0.6) is 0 Å². The Kier molecular flexibility index (Phi) is 6.23. The van der Waals surface area contributed by atoms with Gasteiger partial charge in [0.05, 0.1) is 13.2 Å². The molecular weight excluding hydrogens is 432 g/mol. The van der Waals surface area contributed by atoms with E-state index in [2.05, 4.69) is 13.8 Å². The first-order valence-electron chi connectivity index (χ1n) is 13.5. The highest BCUT2D eigenvalue weighted by Gasteiger charge is 2.66. The molecule has 0 unspecified atom stereocenters. The summed E-state index contributed by atoms with van der Waals surface area (Å²) in [6, 6.07) is 0. The van der Waals surface area contributed by atoms with Gasteiger partial charge in [-0.1, -0.05) is 25.0 Å². The maximum atomic E-state index is 11.6. The smallest absolute Gasteiger partial charge is 0.302 e. The van der Waals surface area contributed by atoms with Crippen molar-refractivity contribution in [1.29, 1.82) is 0 Å². The SMILES string of the molecule is CC(=O)O[C@@H]1CC[C@]2(C)C3=C(CC(C)(C)OO)C[C@@]4(C)[C@@H](CCC45OCCCO5)[C@@H]3CC[C@@H]2C1. The third kappa shape index (κ3) is 3.79. The van der Waals surface area contributed by atoms with Crippen LogP contribution in [-0.4, -0.2) is 41.9 Å². The standard InChI is InChI=1S/C28H44O6/c1-18(29)33-21-9-11-26(4)20(15-21)7-8-22-23-10-12-28(31-13-6-14-32-28)27(23,5)17-19(24(22)26)16-25(2,3)34-30/h20-23,30H,6-17H2,1-5H3/t20-,21-,22+,23+,26+,27+/m1/s1. The number of hydrogen-bond donors (Lipinski definition) is 1. The topological polar surface area (TPSA) is 74.2 Å². The van der Waals surface area contributed by atoms with Gasteiger partial charge >= 0.3 is 5.97 Å². The van der Waals surface area contributed by atoms with E-state index in [4.69, 9.17) is 19.1 Å². The van der Waals surface area contributed by atoms with Crippen molar-refractivity contribution in [2.75, 3.05) is 13.2 Å². The molecule has 1 spiro atoms. The molecule has 1 heterocycles. The molecule has 0 aromatic heterocycles. The van der Waals surface area contributed by atoms with Gasteiger partial charge in [-0.15, -0.1) is 0 Å². The second-order valence-electron chi connectivity index (χ2n) is 12.9. The highest BCUT2D eigenvalue weighted by molar-refractivity contribution is 5.66. The number of hydrogen-bond acceptors (Lipinski definition) is 6. The predicted molar refractivity (Wildman–Crippen MR) is 128 cm³/mol. The van der Waals surface area contributed by atoms with Crippen LogP contribution in [0.25, 0.3) is 0 Å². The van der Waals surface area contributed by atoms with Crippen LogP contribution >= 0.6 is 0 Å². The van der Waals surface area contributed by atoms with Gasteiger partial charge in [-0.05, 0) is 88.4 Å². The number of esters is 1. The van der Waals surface area contributed by atoms with E-state index in [0.717, 1.165) is 58.2 Å². The van der Waals surface area contributed by atoms with E-state index in [-0.39, 0.29) is 22.9 Å². The van der Waals surface area contributed by atoms with Crippen molar-refractivity contribution >= 4 is 5.97 Å². The lowest BCUT2D eigenvalue weighted by atomic mass is 9.47. The summed E-state index contributed by atoms with van der Waals surface area (Å²) in [5.41, 5.74) is 2.46. The molecule has 1 N–H and O–H groups in total. The van der Waals surface area contributed by atoms with Crippen LogP contribution in [0.2, 0.25) is 0 Å². The van der Waals surface area contributed by atoms with Gasteiger partial charge in [0.1, 0.15) is 11.7 Å². The van der Waals surface area contributed by atoms with Crippen LogP contribution in [0.15, 0.2) is 11.1 Å². The normalized spacial score (nSPS) is 41.6. The van der Waals surface area contributed by atoms with Crippen molar-refractivity contribution in [3.8, 4) is 0 Å². The monoisotopic (exact) mass is 476 g/mol. The van der Waals surface area contributed by atoms with E-state index < -0.39 is 11.4 Å². The van der Waals surface area contributed by atoms with Crippen LogP contribution in [-0.2, 0) is 23.9 Å². The molecule has 192 valence electrons. The van der Waals surface area contributed by atoms with Crippen LogP contribution < -0.4 is 0 Å². The summed E-state index contributed by atoms with van der Waals surface area (Å²) in [4.78, 5) is 16.6. The largest absolute Gasteiger partial charge is 0.463 e. The third-order valence-electron chi connectivity index (χ3n) is 10.3. The lowest BCUT2D eigenvalue weighted by molar-refractivity contribution is -0.320. The van der Waals surface area contributed by atoms with Gasteiger partial charge in [0.2, 0.25) is 0 Å². The quantitative estimate of drug-likeness (QED) is 0.231. The zero-order chi connectivity index (χ0) is 24.4. The summed E-state index contributed by atoms with van der Waals surface area (Å²) in [5.74, 6) is 0.935. The van der Waals surface area contributed by atoms with Crippen molar-refractivity contribution in [3.05, 3.63) is 11.1 Å². The molecule has 34 heavy (non-hydrogen) atoms. The van der Waals surface area contributed by atoms with Gasteiger partial charge < -0.3 is 14.2 Å². The summed E-state index contributed by atoms with van der Waals surface area (Å²) in [5, 5.41) is 9.71. The van der Waals surface area contributed by atoms with Crippen LogP contribution in [0, 0.1) is 28.6 Å². The maximum Gasteiger partial charge on any atom is 0.302 e. The molecule has 4 aliphatic carbocycles. The number of fused-ring (bicyclic) bond motifs is 6. The fraction of sp³-hybridized carbons (Fsp3) is 0.893. The first-order chi connectivity index (χ1) is 16.0. The number of carbonyl (C=O) groups is 1. The molecule has 6 nitrogen and oxygen atoms in total. The van der Waals surface area contributed by atoms with E-state index in [1.165, 1.54) is 25.3 Å². The summed E-state index contributed by atoms with van der Waals surface area (Å²) in [6.07, 6.45) is 10.1. The van der Waals surface area contributed by atoms with Crippen LogP contribution in [0.1, 0.15) is 98.8 Å². The van der Waals surface area contributed by atoms with Crippen molar-refractivity contribution in [3.63, 3.8) is 0 Å². The Labute approximate surface area is 204 Å². The second-order valence-corrected chi connectivity index (χ2v) is 12.9. The molecule has 5 aliphatic rings. The minimum absolute atomic E-state index is 0.0426. The Morgan fingerprint density at radius 1 is 1.12 bits per heavy atom. The predicted octanol–water partition coefficient (Wildman–Crippen LogP) is 6.04. The second kappa shape index (κ2) is 8.57. The molecule has 3 saturated carbocycles. The lowest BCUT2D eigenvalue weighted by Crippen LogP contribution is -2.57. The number of rotatable bonds is 4. The Morgan fingerprint density at radius 2 is 1.85 bits per heavy atom. The fourth-order valence-corrected chi connectivity index (χ4v) is 8.94. The van der Waals surface area contributed by atoms with Gasteiger partial charge in [0.15, 0.2) is 5.79 Å². The van der Waals surface area contributed by atoms with Crippen molar-refractivity contribution in [2.24, 2.45) is 28.6 Å². The van der Waals surface area contributed by atoms with Crippen LogP contribution in [0.3, 0.4) is 0 Å². The van der Waals surface area contributed by atoms with Crippen molar-refractivity contribution in [1.82, 2.24) is 0 Å². The zero-order valence-corrected chi connectivity index (χ0v) is 21.8. The van der Waals surface area contributed by atoms with Crippen molar-refractivity contribution < 1.29 is 29.1 Å². The molecule has 1 saturated heterocycles. The van der Waals surface area contributed by atoms with E-state index >= 15 is 0 Å². The Bertz CT molecular complexity index is 842. The number of ether oxygens (including phenoxy) is 3. The summed E-state index contributed by atoms with van der Waals surface area (Å²) in [6.45, 7) is 11.9. The molecule has 5 rings (SSSR count). The summed E-state index contributed by atoms with van der Waals surface area (Å²) < 4.78 is 18.7. The maximum absolute atomic E-state index is 11.6. The average Bonchev–Trinajstić information content (AvgIpc) is 3.05. The van der Waals surface area contributed by atoms with Gasteiger partial charge in [0.25, 0.3) is 0 Å². The molecule has 0 aromatic carbocycles. The van der Waals surface area contributed by atoms with Gasteiger partial charge in [-0.3, -0.25) is 10.1 Å². The molecule has 1 aliphatic heterocycles. The lowest BCUT2D eigenvalue weighted by Gasteiger charge is -2.60. The minimum atomic E-state index is -0.644. The van der Waals surface area contributed by atoms with E-state index in [9.17, 15) is 10.1 Å². The molecule has 6 heteroatoms. The molecule has 0 aromatic rings. The highest BCUT2D eigenvalue weighted by atomic mass is 17.1. The molecule has 0 bridgehead atoms. The highest BCUT2D eigenvalue weighted by Crippen LogP contribution is 2.69. The molecular formula is C28H44O6. The van der Waals surface area contributed by atoms with Crippen molar-refractivity contribution in [2.45, 2.75) is 116 Å². The first kappa shape index (κ1) is 24.7. The molecule has 0 amide bonds. The van der Waals surface area contributed by atoms with Crippen LogP contribution in [0.4, 0.5) is 0 Å². The third-order valence-corrected chi connectivity index (χ3v) is 10.3. The fourth-order valence-electron chi connectivity index (χ4n) is 8.94. The first-order valence-corrected chi connectivity index (χ1v) is 13.5. The summed E-state index contributed by atoms with van der Waals surface area (Å²) >= 11 is 0. The van der Waals surface area contributed by atoms with Gasteiger partial charge in [0, 0.05) is 25.2 Å². The van der Waals surface area contributed by atoms with E-state index in [1.807, 2.05) is 13.8 Å². The zero-order valence-electron chi connectivity index (χ0n) is 21.8. The average molecular weight is 477 g/mol. The van der Waals surface area contributed by atoms with E-state index in [1.54, 1.807) is 5.57 Å².